The first-order valence-corrected chi connectivity index (χ1v) is 13.9. The van der Waals surface area contributed by atoms with Crippen molar-refractivity contribution in [2.24, 2.45) is 5.92 Å². The van der Waals surface area contributed by atoms with Crippen LogP contribution in [0, 0.1) is 5.92 Å². The van der Waals surface area contributed by atoms with E-state index in [4.69, 9.17) is 24.3 Å². The van der Waals surface area contributed by atoms with Crippen LogP contribution in [0.5, 0.6) is 0 Å². The fraction of sp³-hybridized carbons (Fsp3) is 0.500. The van der Waals surface area contributed by atoms with Crippen molar-refractivity contribution >= 4 is 45.8 Å². The largest absolute Gasteiger partial charge is 0.490 e. The molecule has 5 rings (SSSR count). The fourth-order valence-corrected chi connectivity index (χ4v) is 4.89. The van der Waals surface area contributed by atoms with Crippen molar-refractivity contribution in [2.45, 2.75) is 44.1 Å². The second-order valence-electron chi connectivity index (χ2n) is 10.2. The van der Waals surface area contributed by atoms with E-state index >= 15 is 0 Å². The molecular formula is C26H29F6N5O6S. The first-order valence-electron chi connectivity index (χ1n) is 13.1. The van der Waals surface area contributed by atoms with E-state index in [1.54, 1.807) is 6.20 Å². The number of aliphatic carboxylic acids is 2. The van der Waals surface area contributed by atoms with Crippen molar-refractivity contribution in [1.29, 1.82) is 0 Å². The number of amides is 1. The molecule has 3 N–H and O–H groups in total. The summed E-state index contributed by atoms with van der Waals surface area (Å²) in [5.74, 6) is -4.64. The molecule has 2 aliphatic rings. The highest BCUT2D eigenvalue weighted by atomic mass is 32.1. The van der Waals surface area contributed by atoms with E-state index in [0.717, 1.165) is 60.1 Å². The molecule has 2 fully saturated rings. The number of aromatic nitrogens is 2. The Morgan fingerprint density at radius 3 is 2.09 bits per heavy atom. The summed E-state index contributed by atoms with van der Waals surface area (Å²) in [4.78, 5) is 40.0. The van der Waals surface area contributed by atoms with E-state index in [1.165, 1.54) is 24.2 Å². The van der Waals surface area contributed by atoms with E-state index in [0.29, 0.717) is 16.6 Å². The lowest BCUT2D eigenvalue weighted by atomic mass is 10.0. The molecule has 0 bridgehead atoms. The third-order valence-corrected chi connectivity index (χ3v) is 7.64. The zero-order chi connectivity index (χ0) is 32.8. The molecule has 0 atom stereocenters. The summed E-state index contributed by atoms with van der Waals surface area (Å²) in [6.07, 6.45) is -3.84. The molecule has 3 heterocycles. The van der Waals surface area contributed by atoms with Crippen LogP contribution in [-0.4, -0.2) is 100 Å². The van der Waals surface area contributed by atoms with Gasteiger partial charge in [0.15, 0.2) is 5.58 Å². The molecule has 0 spiro atoms. The SMILES string of the molecule is CN(C)C1CCN(C(=O)c2cnc(-c3noc4cc(NCC5CC5)ccc34)s2)CC1.O=C(O)C(F)(F)F.O=C(O)C(F)(F)F. The van der Waals surface area contributed by atoms with Crippen LogP contribution in [0.25, 0.3) is 21.7 Å². The van der Waals surface area contributed by atoms with E-state index < -0.39 is 24.3 Å². The first-order chi connectivity index (χ1) is 20.5. The number of likely N-dealkylation sites (tertiary alicyclic amines) is 1. The lowest BCUT2D eigenvalue weighted by molar-refractivity contribution is -0.193. The van der Waals surface area contributed by atoms with E-state index in [1.807, 2.05) is 17.0 Å². The number of fused-ring (bicyclic) bond motifs is 1. The molecule has 3 aromatic rings. The summed E-state index contributed by atoms with van der Waals surface area (Å²) in [5, 5.41) is 23.6. The summed E-state index contributed by atoms with van der Waals surface area (Å²) < 4.78 is 69.0. The topological polar surface area (TPSA) is 149 Å². The van der Waals surface area contributed by atoms with Gasteiger partial charge in [-0.1, -0.05) is 5.16 Å². The Hall–Kier alpha value is -3.93. The monoisotopic (exact) mass is 653 g/mol. The Morgan fingerprint density at radius 2 is 1.59 bits per heavy atom. The van der Waals surface area contributed by atoms with Gasteiger partial charge in [-0.2, -0.15) is 26.3 Å². The molecule has 0 radical (unpaired) electrons. The van der Waals surface area contributed by atoms with Crippen LogP contribution < -0.4 is 5.32 Å². The zero-order valence-corrected chi connectivity index (χ0v) is 24.2. The van der Waals surface area contributed by atoms with Gasteiger partial charge in [-0.25, -0.2) is 14.6 Å². The van der Waals surface area contributed by atoms with Gasteiger partial charge in [0, 0.05) is 37.4 Å². The molecule has 242 valence electrons. The smallest absolute Gasteiger partial charge is 0.475 e. The van der Waals surface area contributed by atoms with Gasteiger partial charge >= 0.3 is 24.3 Å². The number of piperidine rings is 1. The minimum absolute atomic E-state index is 0.0651. The molecule has 1 aliphatic carbocycles. The Morgan fingerprint density at radius 1 is 1.02 bits per heavy atom. The summed E-state index contributed by atoms with van der Waals surface area (Å²) in [6, 6.07) is 6.62. The lowest BCUT2D eigenvalue weighted by Gasteiger charge is -2.34. The van der Waals surface area contributed by atoms with Crippen molar-refractivity contribution in [3.05, 3.63) is 29.3 Å². The third kappa shape index (κ3) is 9.80. The summed E-state index contributed by atoms with van der Waals surface area (Å²) >= 11 is 1.39. The van der Waals surface area contributed by atoms with Crippen LogP contribution in [0.3, 0.4) is 0 Å². The number of halogens is 6. The molecule has 1 aromatic carbocycles. The van der Waals surface area contributed by atoms with Crippen molar-refractivity contribution in [3.63, 3.8) is 0 Å². The number of rotatable bonds is 6. The molecular weight excluding hydrogens is 624 g/mol. The molecule has 44 heavy (non-hydrogen) atoms. The standard InChI is InChI=1S/C22H27N5O2S.2C2HF3O2/c1-26(2)16-7-9-27(10-8-16)22(28)19-13-24-21(30-19)20-17-6-5-15(11-18(17)29-25-20)23-12-14-3-4-14;2*3-2(4,5)1(6)7/h5-6,11,13-14,16,23H,3-4,7-10,12H2,1-2H3;2*(H,6,7). The van der Waals surface area contributed by atoms with Crippen LogP contribution in [0.1, 0.15) is 35.4 Å². The molecule has 1 aliphatic heterocycles. The number of anilines is 1. The van der Waals surface area contributed by atoms with Gasteiger partial charge in [-0.3, -0.25) is 4.79 Å². The number of thiazole rings is 1. The van der Waals surface area contributed by atoms with E-state index in [2.05, 4.69) is 40.5 Å². The maximum absolute atomic E-state index is 12.9. The summed E-state index contributed by atoms with van der Waals surface area (Å²) in [6.45, 7) is 2.59. The van der Waals surface area contributed by atoms with Gasteiger partial charge < -0.3 is 29.9 Å². The maximum atomic E-state index is 12.9. The number of carboxylic acids is 2. The molecule has 1 saturated heterocycles. The number of benzene rings is 1. The fourth-order valence-electron chi connectivity index (χ4n) is 4.01. The van der Waals surface area contributed by atoms with E-state index in [-0.39, 0.29) is 5.91 Å². The number of carboxylic acid groups (broad SMARTS) is 2. The highest BCUT2D eigenvalue weighted by Crippen LogP contribution is 2.34. The van der Waals surface area contributed by atoms with Gasteiger partial charge in [0.25, 0.3) is 5.91 Å². The highest BCUT2D eigenvalue weighted by Gasteiger charge is 2.39. The number of carbonyl (C=O) groups excluding carboxylic acids is 1. The Balaban J connectivity index is 0.000000317. The third-order valence-electron chi connectivity index (χ3n) is 6.65. The van der Waals surface area contributed by atoms with Crippen LogP contribution in [0.15, 0.2) is 28.9 Å². The summed E-state index contributed by atoms with van der Waals surface area (Å²) in [5.41, 5.74) is 2.49. The molecule has 18 heteroatoms. The van der Waals surface area contributed by atoms with E-state index in [9.17, 15) is 31.1 Å². The minimum Gasteiger partial charge on any atom is -0.475 e. The second kappa shape index (κ2) is 14.2. The molecule has 1 amide bonds. The van der Waals surface area contributed by atoms with Crippen molar-refractivity contribution in [3.8, 4) is 10.7 Å². The van der Waals surface area contributed by atoms with Gasteiger partial charge in [0.05, 0.1) is 11.6 Å². The van der Waals surface area contributed by atoms with Crippen molar-refractivity contribution in [1.82, 2.24) is 19.9 Å². The maximum Gasteiger partial charge on any atom is 0.490 e. The zero-order valence-electron chi connectivity index (χ0n) is 23.4. The molecule has 2 aromatic heterocycles. The number of nitrogens with zero attached hydrogens (tertiary/aromatic N) is 4. The van der Waals surface area contributed by atoms with Crippen molar-refractivity contribution < 1.29 is 55.5 Å². The minimum atomic E-state index is -5.08. The number of carbonyl (C=O) groups is 3. The summed E-state index contributed by atoms with van der Waals surface area (Å²) in [7, 11) is 4.21. The number of hydrogen-bond acceptors (Lipinski definition) is 9. The van der Waals surface area contributed by atoms with Gasteiger partial charge in [0.1, 0.15) is 15.6 Å². The number of hydrogen-bond donors (Lipinski definition) is 3. The Kier molecular flexibility index (Phi) is 11.2. The normalized spacial score (nSPS) is 15.7. The number of alkyl halides is 6. The highest BCUT2D eigenvalue weighted by molar-refractivity contribution is 7.17. The van der Waals surface area contributed by atoms with Gasteiger partial charge in [0.2, 0.25) is 0 Å². The lowest BCUT2D eigenvalue weighted by Crippen LogP contribution is -2.44. The van der Waals surface area contributed by atoms with Crippen molar-refractivity contribution in [2.75, 3.05) is 39.0 Å². The predicted molar refractivity (Wildman–Crippen MR) is 146 cm³/mol. The van der Waals surface area contributed by atoms with Gasteiger partial charge in [-0.15, -0.1) is 11.3 Å². The van der Waals surface area contributed by atoms with Gasteiger partial charge in [-0.05, 0) is 57.8 Å². The second-order valence-corrected chi connectivity index (χ2v) is 11.2. The Labute approximate surface area is 250 Å². The predicted octanol–water partition coefficient (Wildman–Crippen LogP) is 5.21. The first kappa shape index (κ1) is 34.6. The molecule has 0 unspecified atom stereocenters. The number of nitrogens with one attached hydrogen (secondary N) is 1. The van der Waals surface area contributed by atoms with Crippen LogP contribution in [-0.2, 0) is 9.59 Å². The van der Waals surface area contributed by atoms with Crippen LogP contribution in [0.4, 0.5) is 32.0 Å². The average Bonchev–Trinajstić information content (AvgIpc) is 3.48. The molecule has 11 nitrogen and oxygen atoms in total. The van der Waals surface area contributed by atoms with Crippen LogP contribution >= 0.6 is 11.3 Å². The molecule has 1 saturated carbocycles. The Bertz CT molecular complexity index is 1420. The quantitative estimate of drug-likeness (QED) is 0.303. The van der Waals surface area contributed by atoms with Crippen LogP contribution in [0.2, 0.25) is 0 Å². The average molecular weight is 654 g/mol.